The normalized spacial score (nSPS) is 22.2. The Labute approximate surface area is 154 Å². The predicted molar refractivity (Wildman–Crippen MR) is 100 cm³/mol. The first-order valence-corrected chi connectivity index (χ1v) is 9.37. The van der Waals surface area contributed by atoms with Crippen molar-refractivity contribution in [1.29, 1.82) is 0 Å². The molecule has 1 fully saturated rings. The van der Waals surface area contributed by atoms with Crippen LogP contribution in [0.4, 0.5) is 4.79 Å². The Hall–Kier alpha value is -2.56. The van der Waals surface area contributed by atoms with Gasteiger partial charge < -0.3 is 15.4 Å². The SMILES string of the molecule is O=C(Cc1ccccc1)NC1CCC(NC(=O)OC2=CCCC=C2)CC1. The van der Waals surface area contributed by atoms with Crippen LogP contribution in [0.3, 0.4) is 0 Å². The third-order valence-electron chi connectivity index (χ3n) is 4.79. The zero-order valence-electron chi connectivity index (χ0n) is 14.9. The highest BCUT2D eigenvalue weighted by molar-refractivity contribution is 5.78. The van der Waals surface area contributed by atoms with Crippen molar-refractivity contribution >= 4 is 12.0 Å². The van der Waals surface area contributed by atoms with Crippen molar-refractivity contribution in [1.82, 2.24) is 10.6 Å². The monoisotopic (exact) mass is 354 g/mol. The largest absolute Gasteiger partial charge is 0.412 e. The molecule has 2 aliphatic carbocycles. The first-order valence-electron chi connectivity index (χ1n) is 9.37. The number of benzene rings is 1. The molecule has 3 rings (SSSR count). The van der Waals surface area contributed by atoms with Gasteiger partial charge in [0.05, 0.1) is 6.42 Å². The Kier molecular flexibility index (Phi) is 6.47. The third-order valence-corrected chi connectivity index (χ3v) is 4.79. The average molecular weight is 354 g/mol. The molecule has 0 spiro atoms. The van der Waals surface area contributed by atoms with E-state index in [0.29, 0.717) is 12.2 Å². The van der Waals surface area contributed by atoms with Gasteiger partial charge in [0.15, 0.2) is 0 Å². The van der Waals surface area contributed by atoms with Crippen LogP contribution in [0.25, 0.3) is 0 Å². The highest BCUT2D eigenvalue weighted by atomic mass is 16.6. The molecule has 0 heterocycles. The van der Waals surface area contributed by atoms with Gasteiger partial charge in [0.2, 0.25) is 5.91 Å². The Balaban J connectivity index is 1.36. The van der Waals surface area contributed by atoms with E-state index in [2.05, 4.69) is 10.6 Å². The number of allylic oxidation sites excluding steroid dienone is 3. The summed E-state index contributed by atoms with van der Waals surface area (Å²) in [6.45, 7) is 0. The van der Waals surface area contributed by atoms with Crippen molar-refractivity contribution < 1.29 is 14.3 Å². The van der Waals surface area contributed by atoms with Gasteiger partial charge in [-0.1, -0.05) is 36.4 Å². The number of alkyl carbamates (subject to hydrolysis) is 1. The second kappa shape index (κ2) is 9.22. The minimum absolute atomic E-state index is 0.0584. The Morgan fingerprint density at radius 2 is 1.65 bits per heavy atom. The summed E-state index contributed by atoms with van der Waals surface area (Å²) in [7, 11) is 0. The molecule has 0 saturated heterocycles. The molecular formula is C21H26N2O3. The van der Waals surface area contributed by atoms with E-state index in [0.717, 1.165) is 44.1 Å². The lowest BCUT2D eigenvalue weighted by molar-refractivity contribution is -0.121. The van der Waals surface area contributed by atoms with Gasteiger partial charge in [-0.3, -0.25) is 4.79 Å². The van der Waals surface area contributed by atoms with Gasteiger partial charge in [0, 0.05) is 12.1 Å². The van der Waals surface area contributed by atoms with Gasteiger partial charge in [-0.2, -0.15) is 0 Å². The number of carbonyl (C=O) groups excluding carboxylic acids is 2. The van der Waals surface area contributed by atoms with Gasteiger partial charge in [-0.15, -0.1) is 0 Å². The maximum absolute atomic E-state index is 12.1. The zero-order chi connectivity index (χ0) is 18.2. The van der Waals surface area contributed by atoms with Crippen molar-refractivity contribution in [2.75, 3.05) is 0 Å². The number of hydrogen-bond acceptors (Lipinski definition) is 3. The molecule has 2 N–H and O–H groups in total. The standard InChI is InChI=1S/C21H26N2O3/c24-20(15-16-7-3-1-4-8-16)22-17-11-13-18(14-12-17)23-21(25)26-19-9-5-2-6-10-19/h1,3-5,7-10,17-18H,2,6,11-15H2,(H,22,24)(H,23,25). The molecule has 1 aromatic carbocycles. The van der Waals surface area contributed by atoms with E-state index in [4.69, 9.17) is 4.74 Å². The Morgan fingerprint density at radius 3 is 2.31 bits per heavy atom. The lowest BCUT2D eigenvalue weighted by Crippen LogP contribution is -2.44. The van der Waals surface area contributed by atoms with E-state index in [9.17, 15) is 9.59 Å². The van der Waals surface area contributed by atoms with E-state index < -0.39 is 0 Å². The van der Waals surface area contributed by atoms with Crippen LogP contribution >= 0.6 is 0 Å². The summed E-state index contributed by atoms with van der Waals surface area (Å²) >= 11 is 0. The fraction of sp³-hybridized carbons (Fsp3) is 0.429. The minimum Gasteiger partial charge on any atom is -0.411 e. The van der Waals surface area contributed by atoms with Crippen molar-refractivity contribution in [2.24, 2.45) is 0 Å². The molecule has 0 atom stereocenters. The number of carbonyl (C=O) groups is 2. The minimum atomic E-state index is -0.389. The highest BCUT2D eigenvalue weighted by Gasteiger charge is 2.24. The van der Waals surface area contributed by atoms with Crippen LogP contribution in [0.1, 0.15) is 44.1 Å². The van der Waals surface area contributed by atoms with Crippen molar-refractivity contribution in [2.45, 2.75) is 57.0 Å². The fourth-order valence-corrected chi connectivity index (χ4v) is 3.41. The second-order valence-electron chi connectivity index (χ2n) is 6.90. The lowest BCUT2D eigenvalue weighted by Gasteiger charge is -2.29. The summed E-state index contributed by atoms with van der Waals surface area (Å²) in [5.41, 5.74) is 1.02. The topological polar surface area (TPSA) is 67.4 Å². The predicted octanol–water partition coefficient (Wildman–Crippen LogP) is 3.62. The summed E-state index contributed by atoms with van der Waals surface area (Å²) in [5.74, 6) is 0.679. The number of rotatable bonds is 5. The van der Waals surface area contributed by atoms with Crippen molar-refractivity contribution in [3.8, 4) is 0 Å². The van der Waals surface area contributed by atoms with Crippen LogP contribution in [0, 0.1) is 0 Å². The fourth-order valence-electron chi connectivity index (χ4n) is 3.41. The maximum atomic E-state index is 12.1. The van der Waals surface area contributed by atoms with Gasteiger partial charge in [0.1, 0.15) is 5.76 Å². The number of ether oxygens (including phenoxy) is 1. The first kappa shape index (κ1) is 18.2. The molecule has 0 radical (unpaired) electrons. The summed E-state index contributed by atoms with van der Waals surface area (Å²) in [6, 6.07) is 10.0. The molecule has 5 heteroatoms. The lowest BCUT2D eigenvalue weighted by atomic mass is 9.91. The Morgan fingerprint density at radius 1 is 0.962 bits per heavy atom. The summed E-state index contributed by atoms with van der Waals surface area (Å²) < 4.78 is 5.31. The van der Waals surface area contributed by atoms with E-state index in [1.807, 2.05) is 48.6 Å². The first-order chi connectivity index (χ1) is 12.7. The molecule has 5 nitrogen and oxygen atoms in total. The van der Waals surface area contributed by atoms with Crippen LogP contribution in [0.15, 0.2) is 54.3 Å². The van der Waals surface area contributed by atoms with Gasteiger partial charge >= 0.3 is 6.09 Å². The van der Waals surface area contributed by atoms with E-state index in [-0.39, 0.29) is 24.1 Å². The van der Waals surface area contributed by atoms with Crippen LogP contribution in [0.5, 0.6) is 0 Å². The molecule has 26 heavy (non-hydrogen) atoms. The molecular weight excluding hydrogens is 328 g/mol. The molecule has 0 aliphatic heterocycles. The molecule has 1 saturated carbocycles. The third kappa shape index (κ3) is 5.76. The molecule has 0 bridgehead atoms. The summed E-state index contributed by atoms with van der Waals surface area (Å²) in [4.78, 5) is 24.1. The van der Waals surface area contributed by atoms with E-state index in [1.54, 1.807) is 0 Å². The van der Waals surface area contributed by atoms with Gasteiger partial charge in [-0.25, -0.2) is 4.79 Å². The molecule has 1 aromatic rings. The van der Waals surface area contributed by atoms with E-state index >= 15 is 0 Å². The molecule has 2 amide bonds. The average Bonchev–Trinajstić information content (AvgIpc) is 2.65. The van der Waals surface area contributed by atoms with Gasteiger partial charge in [0.25, 0.3) is 0 Å². The molecule has 0 aromatic heterocycles. The van der Waals surface area contributed by atoms with Crippen LogP contribution in [0.2, 0.25) is 0 Å². The molecule has 0 unspecified atom stereocenters. The zero-order valence-corrected chi connectivity index (χ0v) is 14.9. The van der Waals surface area contributed by atoms with Crippen LogP contribution in [-0.2, 0) is 16.0 Å². The van der Waals surface area contributed by atoms with Gasteiger partial charge in [-0.05, 0) is 56.2 Å². The number of amides is 2. The van der Waals surface area contributed by atoms with E-state index in [1.165, 1.54) is 0 Å². The van der Waals surface area contributed by atoms with Crippen LogP contribution < -0.4 is 10.6 Å². The summed E-state index contributed by atoms with van der Waals surface area (Å²) in [6.07, 6.45) is 11.1. The molecule has 2 aliphatic rings. The van der Waals surface area contributed by atoms with Crippen LogP contribution in [-0.4, -0.2) is 24.1 Å². The highest BCUT2D eigenvalue weighted by Crippen LogP contribution is 2.19. The Bertz CT molecular complexity index is 674. The van der Waals surface area contributed by atoms with Crippen molar-refractivity contribution in [3.63, 3.8) is 0 Å². The second-order valence-corrected chi connectivity index (χ2v) is 6.90. The summed E-state index contributed by atoms with van der Waals surface area (Å²) in [5, 5.41) is 6.04. The number of hydrogen-bond donors (Lipinski definition) is 2. The quantitative estimate of drug-likeness (QED) is 0.849. The maximum Gasteiger partial charge on any atom is 0.412 e. The molecule has 138 valence electrons. The smallest absolute Gasteiger partial charge is 0.411 e. The van der Waals surface area contributed by atoms with Crippen molar-refractivity contribution in [3.05, 3.63) is 59.9 Å². The number of nitrogens with one attached hydrogen (secondary N) is 2.